The number of hydrogen-bond acceptors (Lipinski definition) is 7. The Hall–Kier alpha value is -2.82. The summed E-state index contributed by atoms with van der Waals surface area (Å²) in [5.41, 5.74) is 0.374. The number of carbonyl (C=O) groups is 2. The molecule has 1 saturated heterocycles. The lowest BCUT2D eigenvalue weighted by atomic mass is 9.97. The Kier molecular flexibility index (Phi) is 7.83. The molecule has 0 aliphatic carbocycles. The summed E-state index contributed by atoms with van der Waals surface area (Å²) < 4.78 is 42.8. The number of carbonyl (C=O) groups excluding carboxylic acids is 2. The van der Waals surface area contributed by atoms with Crippen LogP contribution in [0.3, 0.4) is 0 Å². The van der Waals surface area contributed by atoms with Crippen molar-refractivity contribution in [2.45, 2.75) is 17.7 Å². The fourth-order valence-corrected chi connectivity index (χ4v) is 5.55. The van der Waals surface area contributed by atoms with Gasteiger partial charge >= 0.3 is 5.97 Å². The number of benzene rings is 2. The topological polar surface area (TPSA) is 111 Å². The van der Waals surface area contributed by atoms with Gasteiger partial charge in [0.15, 0.2) is 0 Å². The van der Waals surface area contributed by atoms with Crippen molar-refractivity contribution in [2.75, 3.05) is 39.7 Å². The third kappa shape index (κ3) is 5.23. The van der Waals surface area contributed by atoms with Crippen LogP contribution in [0.5, 0.6) is 11.5 Å². The second-order valence-corrected chi connectivity index (χ2v) is 9.66. The van der Waals surface area contributed by atoms with Crippen molar-refractivity contribution in [3.8, 4) is 11.5 Å². The molecule has 1 amide bonds. The SMILES string of the molecule is COC(=O)c1ccccc1S(=O)(=O)N1CCC(C(=O)Nc2cc(Cl)c(OC)cc2OC)CC1. The zero-order chi connectivity index (χ0) is 24.2. The van der Waals surface area contributed by atoms with Crippen LogP contribution in [0.25, 0.3) is 0 Å². The van der Waals surface area contributed by atoms with E-state index in [0.29, 0.717) is 35.1 Å². The molecule has 2 aromatic carbocycles. The van der Waals surface area contributed by atoms with Crippen LogP contribution in [0.1, 0.15) is 23.2 Å². The van der Waals surface area contributed by atoms with Gasteiger partial charge in [-0.25, -0.2) is 13.2 Å². The smallest absolute Gasteiger partial charge is 0.339 e. The number of sulfonamides is 1. The van der Waals surface area contributed by atoms with Crippen LogP contribution in [0, 0.1) is 5.92 Å². The van der Waals surface area contributed by atoms with Crippen LogP contribution in [-0.4, -0.2) is 59.0 Å². The van der Waals surface area contributed by atoms with E-state index in [1.54, 1.807) is 24.3 Å². The van der Waals surface area contributed by atoms with Crippen LogP contribution < -0.4 is 14.8 Å². The number of anilines is 1. The maximum Gasteiger partial charge on any atom is 0.339 e. The lowest BCUT2D eigenvalue weighted by molar-refractivity contribution is -0.120. The summed E-state index contributed by atoms with van der Waals surface area (Å²) in [6.45, 7) is 0.271. The van der Waals surface area contributed by atoms with Gasteiger partial charge in [-0.05, 0) is 31.0 Å². The van der Waals surface area contributed by atoms with Gasteiger partial charge in [0.05, 0.1) is 42.5 Å². The Labute approximate surface area is 197 Å². The molecular weight excluding hydrogens is 472 g/mol. The molecule has 0 saturated carbocycles. The fraction of sp³-hybridized carbons (Fsp3) is 0.364. The summed E-state index contributed by atoms with van der Waals surface area (Å²) >= 11 is 6.16. The van der Waals surface area contributed by atoms with Crippen LogP contribution in [-0.2, 0) is 19.6 Å². The molecule has 11 heteroatoms. The Bertz CT molecular complexity index is 1150. The molecule has 9 nitrogen and oxygen atoms in total. The summed E-state index contributed by atoms with van der Waals surface area (Å²) in [6.07, 6.45) is 0.634. The van der Waals surface area contributed by atoms with Gasteiger partial charge in [0.1, 0.15) is 11.5 Å². The van der Waals surface area contributed by atoms with E-state index in [9.17, 15) is 18.0 Å². The Balaban J connectivity index is 1.71. The van der Waals surface area contributed by atoms with E-state index in [2.05, 4.69) is 5.32 Å². The Morgan fingerprint density at radius 3 is 2.27 bits per heavy atom. The zero-order valence-corrected chi connectivity index (χ0v) is 20.0. The first-order valence-corrected chi connectivity index (χ1v) is 11.9. The van der Waals surface area contributed by atoms with Gasteiger partial charge in [0.25, 0.3) is 0 Å². The summed E-state index contributed by atoms with van der Waals surface area (Å²) in [6, 6.07) is 9.02. The number of nitrogens with zero attached hydrogens (tertiary/aromatic N) is 1. The normalized spacial score (nSPS) is 15.0. The highest BCUT2D eigenvalue weighted by atomic mass is 35.5. The van der Waals surface area contributed by atoms with Crippen LogP contribution in [0.15, 0.2) is 41.3 Å². The molecule has 1 N–H and O–H groups in total. The molecule has 33 heavy (non-hydrogen) atoms. The van der Waals surface area contributed by atoms with Gasteiger partial charge in [-0.1, -0.05) is 23.7 Å². The van der Waals surface area contributed by atoms with Crippen LogP contribution >= 0.6 is 11.6 Å². The van der Waals surface area contributed by atoms with Gasteiger partial charge < -0.3 is 19.5 Å². The minimum absolute atomic E-state index is 0.0247. The van der Waals surface area contributed by atoms with Crippen molar-refractivity contribution in [1.82, 2.24) is 4.31 Å². The highest BCUT2D eigenvalue weighted by molar-refractivity contribution is 7.89. The largest absolute Gasteiger partial charge is 0.495 e. The second-order valence-electron chi connectivity index (χ2n) is 7.34. The molecule has 1 heterocycles. The number of amides is 1. The van der Waals surface area contributed by atoms with E-state index in [0.717, 1.165) is 0 Å². The fourth-order valence-electron chi connectivity index (χ4n) is 3.66. The highest BCUT2D eigenvalue weighted by Crippen LogP contribution is 2.36. The predicted molar refractivity (Wildman–Crippen MR) is 122 cm³/mol. The number of halogens is 1. The monoisotopic (exact) mass is 496 g/mol. The Morgan fingerprint density at radius 2 is 1.67 bits per heavy atom. The average molecular weight is 497 g/mol. The van der Waals surface area contributed by atoms with E-state index >= 15 is 0 Å². The number of rotatable bonds is 7. The number of piperidine rings is 1. The predicted octanol–water partition coefficient (Wildman–Crippen LogP) is 3.18. The lowest BCUT2D eigenvalue weighted by Crippen LogP contribution is -2.41. The number of methoxy groups -OCH3 is 3. The average Bonchev–Trinajstić information content (AvgIpc) is 2.83. The highest BCUT2D eigenvalue weighted by Gasteiger charge is 2.34. The van der Waals surface area contributed by atoms with E-state index < -0.39 is 21.9 Å². The molecule has 0 radical (unpaired) electrons. The number of ether oxygens (including phenoxy) is 3. The van der Waals surface area contributed by atoms with Gasteiger partial charge in [0.2, 0.25) is 15.9 Å². The van der Waals surface area contributed by atoms with Crippen molar-refractivity contribution in [2.24, 2.45) is 5.92 Å². The summed E-state index contributed by atoms with van der Waals surface area (Å²) in [5.74, 6) is -0.587. The minimum Gasteiger partial charge on any atom is -0.495 e. The maximum absolute atomic E-state index is 13.2. The minimum atomic E-state index is -3.93. The molecule has 0 aromatic heterocycles. The first-order chi connectivity index (χ1) is 15.7. The summed E-state index contributed by atoms with van der Waals surface area (Å²) in [5, 5.41) is 3.13. The molecule has 2 aromatic rings. The molecule has 3 rings (SSSR count). The molecule has 1 aliphatic heterocycles. The van der Waals surface area contributed by atoms with Crippen molar-refractivity contribution in [3.05, 3.63) is 47.0 Å². The third-order valence-corrected chi connectivity index (χ3v) is 7.72. The summed E-state index contributed by atoms with van der Waals surface area (Å²) in [4.78, 5) is 24.7. The molecule has 0 bridgehead atoms. The van der Waals surface area contributed by atoms with Crippen molar-refractivity contribution in [3.63, 3.8) is 0 Å². The van der Waals surface area contributed by atoms with Crippen molar-refractivity contribution in [1.29, 1.82) is 0 Å². The van der Waals surface area contributed by atoms with Crippen molar-refractivity contribution >= 4 is 39.2 Å². The van der Waals surface area contributed by atoms with E-state index in [1.165, 1.54) is 37.8 Å². The molecule has 0 unspecified atom stereocenters. The van der Waals surface area contributed by atoms with Crippen LogP contribution in [0.4, 0.5) is 5.69 Å². The van der Waals surface area contributed by atoms with Gasteiger partial charge in [-0.3, -0.25) is 4.79 Å². The van der Waals surface area contributed by atoms with Gasteiger partial charge in [-0.2, -0.15) is 4.31 Å². The van der Waals surface area contributed by atoms with Gasteiger partial charge in [0, 0.05) is 25.1 Å². The lowest BCUT2D eigenvalue weighted by Gasteiger charge is -2.31. The van der Waals surface area contributed by atoms with Crippen molar-refractivity contribution < 1.29 is 32.2 Å². The van der Waals surface area contributed by atoms with Crippen LogP contribution in [0.2, 0.25) is 5.02 Å². The number of nitrogens with one attached hydrogen (secondary N) is 1. The molecule has 1 fully saturated rings. The van der Waals surface area contributed by atoms with E-state index in [-0.39, 0.29) is 29.5 Å². The Morgan fingerprint density at radius 1 is 1.03 bits per heavy atom. The molecule has 178 valence electrons. The maximum atomic E-state index is 13.2. The number of hydrogen-bond donors (Lipinski definition) is 1. The second kappa shape index (κ2) is 10.4. The molecular formula is C22H25ClN2O7S. The standard InChI is InChI=1S/C22H25ClN2O7S/c1-30-18-13-19(31-2)17(12-16(18)23)24-21(26)14-8-10-25(11-9-14)33(28,29)20-7-5-4-6-15(20)22(27)32-3/h4-7,12-14H,8-11H2,1-3H3,(H,24,26). The van der Waals surface area contributed by atoms with Gasteiger partial charge in [-0.15, -0.1) is 0 Å². The van der Waals surface area contributed by atoms with E-state index in [4.69, 9.17) is 25.8 Å². The first-order valence-electron chi connectivity index (χ1n) is 10.1. The number of esters is 1. The first kappa shape index (κ1) is 24.8. The molecule has 1 aliphatic rings. The molecule has 0 atom stereocenters. The quantitative estimate of drug-likeness (QED) is 0.586. The summed E-state index contributed by atoms with van der Waals surface area (Å²) in [7, 11) is 0.208. The third-order valence-electron chi connectivity index (χ3n) is 5.47. The molecule has 0 spiro atoms. The van der Waals surface area contributed by atoms with E-state index in [1.807, 2.05) is 0 Å². The zero-order valence-electron chi connectivity index (χ0n) is 18.5.